The second kappa shape index (κ2) is 7.23. The van der Waals surface area contributed by atoms with Gasteiger partial charge < -0.3 is 4.57 Å². The number of nitrogens with zero attached hydrogens (tertiary/aromatic N) is 4. The van der Waals surface area contributed by atoms with Crippen LogP contribution in [0.5, 0.6) is 0 Å². The van der Waals surface area contributed by atoms with Gasteiger partial charge in [0.05, 0.1) is 16.3 Å². The van der Waals surface area contributed by atoms with E-state index in [4.69, 9.17) is 0 Å². The van der Waals surface area contributed by atoms with E-state index in [1.54, 1.807) is 41.3 Å². The minimum atomic E-state index is -0.289. The lowest BCUT2D eigenvalue weighted by Crippen LogP contribution is -1.96. The summed E-state index contributed by atoms with van der Waals surface area (Å²) in [5, 5.41) is 12.3. The van der Waals surface area contributed by atoms with Gasteiger partial charge in [0.2, 0.25) is 0 Å². The van der Waals surface area contributed by atoms with Crippen molar-refractivity contribution in [3.63, 3.8) is 0 Å². The Hall–Kier alpha value is -1.73. The largest absolute Gasteiger partial charge is 0.305 e. The van der Waals surface area contributed by atoms with Gasteiger partial charge in [0.1, 0.15) is 5.82 Å². The number of thioether (sulfide) groups is 1. The quantitative estimate of drug-likeness (QED) is 0.622. The summed E-state index contributed by atoms with van der Waals surface area (Å²) >= 11 is 3.26. The maximum absolute atomic E-state index is 13.9. The number of thiazole rings is 1. The molecule has 3 rings (SSSR count). The van der Waals surface area contributed by atoms with E-state index in [9.17, 15) is 4.39 Å². The Morgan fingerprint density at radius 3 is 2.87 bits per heavy atom. The normalized spacial score (nSPS) is 11.1. The summed E-state index contributed by atoms with van der Waals surface area (Å²) in [4.78, 5) is 4.60. The number of hydrogen-bond acceptors (Lipinski definition) is 5. The van der Waals surface area contributed by atoms with Gasteiger partial charge in [-0.3, -0.25) is 0 Å². The van der Waals surface area contributed by atoms with Crippen molar-refractivity contribution in [2.75, 3.05) is 0 Å². The monoisotopic (exact) mass is 348 g/mol. The van der Waals surface area contributed by atoms with E-state index in [1.807, 2.05) is 11.6 Å². The Kier molecular flexibility index (Phi) is 5.07. The van der Waals surface area contributed by atoms with E-state index in [0.717, 1.165) is 29.4 Å². The molecule has 0 bridgehead atoms. The number of rotatable bonds is 6. The Bertz CT molecular complexity index is 797. The lowest BCUT2D eigenvalue weighted by molar-refractivity contribution is 0.628. The molecule has 0 unspecified atom stereocenters. The van der Waals surface area contributed by atoms with Crippen molar-refractivity contribution in [2.45, 2.75) is 30.7 Å². The fraction of sp³-hybridized carbons (Fsp3) is 0.312. The average Bonchev–Trinajstić information content (AvgIpc) is 3.13. The fourth-order valence-electron chi connectivity index (χ4n) is 2.20. The first-order valence-electron chi connectivity index (χ1n) is 7.39. The van der Waals surface area contributed by atoms with E-state index >= 15 is 0 Å². The van der Waals surface area contributed by atoms with Gasteiger partial charge in [-0.25, -0.2) is 9.37 Å². The first-order valence-corrected chi connectivity index (χ1v) is 9.26. The molecule has 23 heavy (non-hydrogen) atoms. The standard InChI is InChI=1S/C16H17FN4S2/c1-3-6-14-18-11(9-22-14)10-23-16-20-19-15(21(16)2)12-7-4-5-8-13(12)17/h4-5,7-9H,3,6,10H2,1-2H3. The van der Waals surface area contributed by atoms with Gasteiger partial charge in [-0.15, -0.1) is 21.5 Å². The fourth-order valence-corrected chi connectivity index (χ4v) is 4.01. The minimum Gasteiger partial charge on any atom is -0.305 e. The molecule has 2 heterocycles. The lowest BCUT2D eigenvalue weighted by Gasteiger charge is -2.04. The minimum absolute atomic E-state index is 0.289. The lowest BCUT2D eigenvalue weighted by atomic mass is 10.2. The van der Waals surface area contributed by atoms with Crippen LogP contribution < -0.4 is 0 Å². The molecular formula is C16H17FN4S2. The van der Waals surface area contributed by atoms with Crippen LogP contribution in [0, 0.1) is 5.82 Å². The van der Waals surface area contributed by atoms with Gasteiger partial charge in [-0.1, -0.05) is 30.8 Å². The summed E-state index contributed by atoms with van der Waals surface area (Å²) in [5.41, 5.74) is 1.52. The Labute approximate surface area is 142 Å². The summed E-state index contributed by atoms with van der Waals surface area (Å²) in [6.45, 7) is 2.15. The van der Waals surface area contributed by atoms with Crippen LogP contribution in [0.4, 0.5) is 4.39 Å². The first-order chi connectivity index (χ1) is 11.2. The van der Waals surface area contributed by atoms with Crippen LogP contribution in [0.2, 0.25) is 0 Å². The van der Waals surface area contributed by atoms with Crippen LogP contribution in [0.3, 0.4) is 0 Å². The van der Waals surface area contributed by atoms with Gasteiger partial charge in [-0.2, -0.15) is 0 Å². The van der Waals surface area contributed by atoms with E-state index < -0.39 is 0 Å². The van der Waals surface area contributed by atoms with Crippen molar-refractivity contribution in [2.24, 2.45) is 7.05 Å². The number of hydrogen-bond donors (Lipinski definition) is 0. The van der Waals surface area contributed by atoms with E-state index in [2.05, 4.69) is 27.5 Å². The van der Waals surface area contributed by atoms with E-state index in [-0.39, 0.29) is 5.82 Å². The third-order valence-electron chi connectivity index (χ3n) is 3.36. The van der Waals surface area contributed by atoms with Crippen LogP contribution in [0.15, 0.2) is 34.8 Å². The Balaban J connectivity index is 1.73. The molecule has 0 aliphatic heterocycles. The molecule has 0 N–H and O–H groups in total. The van der Waals surface area contributed by atoms with Crippen molar-refractivity contribution in [3.05, 3.63) is 46.2 Å². The van der Waals surface area contributed by atoms with Crippen molar-refractivity contribution in [3.8, 4) is 11.4 Å². The number of aryl methyl sites for hydroxylation is 1. The smallest absolute Gasteiger partial charge is 0.191 e. The third-order valence-corrected chi connectivity index (χ3v) is 5.37. The summed E-state index contributed by atoms with van der Waals surface area (Å²) < 4.78 is 15.7. The third kappa shape index (κ3) is 3.61. The Morgan fingerprint density at radius 1 is 1.26 bits per heavy atom. The second-order valence-electron chi connectivity index (χ2n) is 5.12. The molecule has 0 radical (unpaired) electrons. The molecule has 7 heteroatoms. The van der Waals surface area contributed by atoms with Gasteiger partial charge in [0.15, 0.2) is 11.0 Å². The van der Waals surface area contributed by atoms with Crippen molar-refractivity contribution in [1.82, 2.24) is 19.7 Å². The van der Waals surface area contributed by atoms with Crippen LogP contribution in [-0.2, 0) is 19.2 Å². The highest BCUT2D eigenvalue weighted by molar-refractivity contribution is 7.98. The molecular weight excluding hydrogens is 331 g/mol. The molecule has 0 aliphatic rings. The molecule has 0 atom stereocenters. The molecule has 4 nitrogen and oxygen atoms in total. The highest BCUT2D eigenvalue weighted by atomic mass is 32.2. The van der Waals surface area contributed by atoms with Crippen LogP contribution >= 0.6 is 23.1 Å². The molecule has 0 aliphatic carbocycles. The molecule has 1 aromatic carbocycles. The summed E-state index contributed by atoms with van der Waals surface area (Å²) in [5.74, 6) is 0.988. The molecule has 0 saturated carbocycles. The SMILES string of the molecule is CCCc1nc(CSc2nnc(-c3ccccc3F)n2C)cs1. The van der Waals surface area contributed by atoms with Gasteiger partial charge in [-0.05, 0) is 25.0 Å². The summed E-state index contributed by atoms with van der Waals surface area (Å²) in [7, 11) is 1.85. The second-order valence-corrected chi connectivity index (χ2v) is 7.00. The predicted octanol–water partition coefficient (Wildman–Crippen LogP) is 4.32. The highest BCUT2D eigenvalue weighted by Gasteiger charge is 2.14. The molecule has 2 aromatic heterocycles. The van der Waals surface area contributed by atoms with Crippen molar-refractivity contribution in [1.29, 1.82) is 0 Å². The zero-order chi connectivity index (χ0) is 16.2. The van der Waals surface area contributed by atoms with E-state index in [0.29, 0.717) is 11.4 Å². The highest BCUT2D eigenvalue weighted by Crippen LogP contribution is 2.27. The summed E-state index contributed by atoms with van der Waals surface area (Å²) in [6.07, 6.45) is 2.13. The molecule has 3 aromatic rings. The molecule has 0 amide bonds. The topological polar surface area (TPSA) is 43.6 Å². The Morgan fingerprint density at radius 2 is 2.09 bits per heavy atom. The van der Waals surface area contributed by atoms with Crippen molar-refractivity contribution < 1.29 is 4.39 Å². The zero-order valence-electron chi connectivity index (χ0n) is 13.0. The van der Waals surface area contributed by atoms with Gasteiger partial charge >= 0.3 is 0 Å². The van der Waals surface area contributed by atoms with Gasteiger partial charge in [0, 0.05) is 18.2 Å². The van der Waals surface area contributed by atoms with Crippen LogP contribution in [0.25, 0.3) is 11.4 Å². The van der Waals surface area contributed by atoms with Crippen molar-refractivity contribution >= 4 is 23.1 Å². The predicted molar refractivity (Wildman–Crippen MR) is 92.1 cm³/mol. The zero-order valence-corrected chi connectivity index (χ0v) is 14.6. The average molecular weight is 348 g/mol. The number of halogens is 1. The summed E-state index contributed by atoms with van der Waals surface area (Å²) in [6, 6.07) is 6.61. The van der Waals surface area contributed by atoms with E-state index in [1.165, 1.54) is 11.1 Å². The molecule has 0 saturated heterocycles. The number of aromatic nitrogens is 4. The number of benzene rings is 1. The molecule has 0 fully saturated rings. The van der Waals surface area contributed by atoms with Gasteiger partial charge in [0.25, 0.3) is 0 Å². The van der Waals surface area contributed by atoms with Crippen LogP contribution in [0.1, 0.15) is 24.0 Å². The maximum Gasteiger partial charge on any atom is 0.191 e. The molecule has 120 valence electrons. The van der Waals surface area contributed by atoms with Crippen LogP contribution in [-0.4, -0.2) is 19.7 Å². The first kappa shape index (κ1) is 16.1. The maximum atomic E-state index is 13.9. The molecule has 0 spiro atoms.